The van der Waals surface area contributed by atoms with Gasteiger partial charge in [0.2, 0.25) is 0 Å². The molecule has 1 atom stereocenters. The summed E-state index contributed by atoms with van der Waals surface area (Å²) in [6.07, 6.45) is -7.17. The Kier molecular flexibility index (Phi) is 3.47. The number of halogens is 5. The molecule has 0 amide bonds. The topological polar surface area (TPSA) is 26.3 Å². The van der Waals surface area contributed by atoms with E-state index in [0.29, 0.717) is 0 Å². The highest BCUT2D eigenvalue weighted by atomic mass is 19.4. The predicted molar refractivity (Wildman–Crippen MR) is 59.2 cm³/mol. The van der Waals surface area contributed by atoms with Crippen LogP contribution in [-0.4, -0.2) is 24.7 Å². The van der Waals surface area contributed by atoms with Gasteiger partial charge in [0.25, 0.3) is 0 Å². The first kappa shape index (κ1) is 14.7. The Morgan fingerprint density at radius 2 is 1.70 bits per heavy atom. The van der Waals surface area contributed by atoms with Crippen molar-refractivity contribution in [3.63, 3.8) is 0 Å². The first-order valence-electron chi connectivity index (χ1n) is 5.86. The van der Waals surface area contributed by atoms with Crippen LogP contribution in [0.3, 0.4) is 0 Å². The maximum absolute atomic E-state index is 13.8. The Balaban J connectivity index is 2.45. The van der Waals surface area contributed by atoms with Gasteiger partial charge in [-0.05, 0) is 12.0 Å². The Morgan fingerprint density at radius 3 is 2.15 bits per heavy atom. The molecular weight excluding hydrogens is 283 g/mol. The molecule has 1 saturated heterocycles. The van der Waals surface area contributed by atoms with Crippen LogP contribution in [0.1, 0.15) is 12.0 Å². The average molecular weight is 294 g/mol. The summed E-state index contributed by atoms with van der Waals surface area (Å²) in [4.78, 5) is 11.6. The lowest BCUT2D eigenvalue weighted by molar-refractivity contribution is -0.319. The van der Waals surface area contributed by atoms with Gasteiger partial charge in [0.15, 0.2) is 0 Å². The van der Waals surface area contributed by atoms with Crippen molar-refractivity contribution in [2.24, 2.45) is 5.41 Å². The summed E-state index contributed by atoms with van der Waals surface area (Å²) in [5.41, 5.74) is -2.65. The van der Waals surface area contributed by atoms with Crippen LogP contribution in [0, 0.1) is 5.41 Å². The van der Waals surface area contributed by atoms with Crippen molar-refractivity contribution >= 4 is 5.97 Å². The lowest BCUT2D eigenvalue weighted by Gasteiger charge is -2.34. The molecule has 1 unspecified atom stereocenters. The monoisotopic (exact) mass is 294 g/mol. The van der Waals surface area contributed by atoms with Crippen LogP contribution in [0.25, 0.3) is 0 Å². The van der Waals surface area contributed by atoms with Gasteiger partial charge in [0, 0.05) is 6.42 Å². The number of ether oxygens (including phenoxy) is 1. The third kappa shape index (κ3) is 2.14. The lowest BCUT2D eigenvalue weighted by Crippen LogP contribution is -2.55. The Labute approximate surface area is 111 Å². The number of alkyl halides is 5. The summed E-state index contributed by atoms with van der Waals surface area (Å²) in [6, 6.07) is 7.43. The highest BCUT2D eigenvalue weighted by Crippen LogP contribution is 2.54. The summed E-state index contributed by atoms with van der Waals surface area (Å²) < 4.78 is 70.0. The van der Waals surface area contributed by atoms with Gasteiger partial charge in [-0.2, -0.15) is 22.0 Å². The highest BCUT2D eigenvalue weighted by Gasteiger charge is 2.74. The molecule has 2 nitrogen and oxygen atoms in total. The summed E-state index contributed by atoms with van der Waals surface area (Å²) in [5, 5.41) is 0. The molecule has 7 heteroatoms. The molecule has 0 aliphatic carbocycles. The molecule has 20 heavy (non-hydrogen) atoms. The highest BCUT2D eigenvalue weighted by molar-refractivity contribution is 5.80. The van der Waals surface area contributed by atoms with E-state index >= 15 is 0 Å². The van der Waals surface area contributed by atoms with Crippen LogP contribution in [0.5, 0.6) is 0 Å². The van der Waals surface area contributed by atoms with E-state index < -0.39 is 42.9 Å². The number of hydrogen-bond acceptors (Lipinski definition) is 2. The zero-order chi connectivity index (χ0) is 15.0. The third-order valence-corrected chi connectivity index (χ3v) is 3.46. The van der Waals surface area contributed by atoms with Crippen molar-refractivity contribution in [2.75, 3.05) is 6.61 Å². The second-order valence-electron chi connectivity index (χ2n) is 4.70. The van der Waals surface area contributed by atoms with E-state index in [2.05, 4.69) is 4.74 Å². The molecular formula is C13H11F5O2. The third-order valence-electron chi connectivity index (χ3n) is 3.46. The second-order valence-corrected chi connectivity index (χ2v) is 4.70. The molecule has 0 aromatic heterocycles. The van der Waals surface area contributed by atoms with Crippen LogP contribution in [0.4, 0.5) is 22.0 Å². The molecule has 0 radical (unpaired) electrons. The van der Waals surface area contributed by atoms with E-state index in [1.54, 1.807) is 6.07 Å². The Hall–Kier alpha value is -1.66. The number of cyclic esters (lactones) is 1. The van der Waals surface area contributed by atoms with Crippen LogP contribution >= 0.6 is 0 Å². The SMILES string of the molecule is O=C1OCCC1(Cc1ccccc1)C(F)(F)C(F)(F)F. The first-order valence-corrected chi connectivity index (χ1v) is 5.86. The number of hydrogen-bond donors (Lipinski definition) is 0. The maximum Gasteiger partial charge on any atom is 0.454 e. The fourth-order valence-corrected chi connectivity index (χ4v) is 2.33. The molecule has 0 bridgehead atoms. The van der Waals surface area contributed by atoms with E-state index in [4.69, 9.17) is 0 Å². The molecule has 2 rings (SSSR count). The van der Waals surface area contributed by atoms with Gasteiger partial charge in [0.1, 0.15) is 5.41 Å². The zero-order valence-electron chi connectivity index (χ0n) is 10.2. The molecule has 1 aromatic rings. The van der Waals surface area contributed by atoms with Gasteiger partial charge in [0.05, 0.1) is 6.61 Å². The van der Waals surface area contributed by atoms with Crippen molar-refractivity contribution in [3.8, 4) is 0 Å². The number of carbonyl (C=O) groups excluding carboxylic acids is 1. The number of esters is 1. The van der Waals surface area contributed by atoms with E-state index in [1.807, 2.05) is 0 Å². The van der Waals surface area contributed by atoms with Crippen LogP contribution in [0.15, 0.2) is 30.3 Å². The maximum atomic E-state index is 13.8. The predicted octanol–water partition coefficient (Wildman–Crippen LogP) is 3.36. The smallest absolute Gasteiger partial charge is 0.454 e. The minimum atomic E-state index is -5.80. The van der Waals surface area contributed by atoms with Gasteiger partial charge in [-0.3, -0.25) is 4.79 Å². The van der Waals surface area contributed by atoms with Gasteiger partial charge < -0.3 is 4.74 Å². The van der Waals surface area contributed by atoms with E-state index in [9.17, 15) is 26.7 Å². The van der Waals surface area contributed by atoms with Crippen LogP contribution < -0.4 is 0 Å². The first-order chi connectivity index (χ1) is 9.21. The lowest BCUT2D eigenvalue weighted by atomic mass is 9.74. The molecule has 0 spiro atoms. The van der Waals surface area contributed by atoms with Gasteiger partial charge >= 0.3 is 18.1 Å². The van der Waals surface area contributed by atoms with Crippen molar-refractivity contribution in [2.45, 2.75) is 24.9 Å². The van der Waals surface area contributed by atoms with Crippen LogP contribution in [0.2, 0.25) is 0 Å². The largest absolute Gasteiger partial charge is 0.465 e. The fourth-order valence-electron chi connectivity index (χ4n) is 2.33. The van der Waals surface area contributed by atoms with E-state index in [1.165, 1.54) is 24.3 Å². The summed E-state index contributed by atoms with van der Waals surface area (Å²) in [7, 11) is 0. The Bertz CT molecular complexity index is 497. The summed E-state index contributed by atoms with van der Waals surface area (Å²) >= 11 is 0. The van der Waals surface area contributed by atoms with Gasteiger partial charge in [-0.15, -0.1) is 0 Å². The molecule has 1 fully saturated rings. The molecule has 0 N–H and O–H groups in total. The van der Waals surface area contributed by atoms with Crippen molar-refractivity contribution in [3.05, 3.63) is 35.9 Å². The average Bonchev–Trinajstić information content (AvgIpc) is 2.72. The Morgan fingerprint density at radius 1 is 1.10 bits per heavy atom. The zero-order valence-corrected chi connectivity index (χ0v) is 10.2. The number of rotatable bonds is 3. The molecule has 1 heterocycles. The number of benzene rings is 1. The summed E-state index contributed by atoms with van der Waals surface area (Å²) in [5.74, 6) is -6.63. The van der Waals surface area contributed by atoms with E-state index in [0.717, 1.165) is 0 Å². The second kappa shape index (κ2) is 4.71. The minimum absolute atomic E-state index is 0.232. The molecule has 1 aromatic carbocycles. The molecule has 0 saturated carbocycles. The van der Waals surface area contributed by atoms with Gasteiger partial charge in [-0.1, -0.05) is 30.3 Å². The minimum Gasteiger partial charge on any atom is -0.465 e. The van der Waals surface area contributed by atoms with Crippen molar-refractivity contribution < 1.29 is 31.5 Å². The summed E-state index contributed by atoms with van der Waals surface area (Å²) in [6.45, 7) is -0.433. The normalized spacial score (nSPS) is 23.8. The molecule has 1 aliphatic rings. The van der Waals surface area contributed by atoms with Crippen molar-refractivity contribution in [1.82, 2.24) is 0 Å². The fraction of sp³-hybridized carbons (Fsp3) is 0.462. The van der Waals surface area contributed by atoms with Gasteiger partial charge in [-0.25, -0.2) is 0 Å². The standard InChI is InChI=1S/C13H11F5O2/c14-12(15,13(16,17)18)11(6-7-20-10(11)19)8-9-4-2-1-3-5-9/h1-5H,6-8H2. The van der Waals surface area contributed by atoms with Crippen molar-refractivity contribution in [1.29, 1.82) is 0 Å². The quantitative estimate of drug-likeness (QED) is 0.631. The van der Waals surface area contributed by atoms with Crippen LogP contribution in [-0.2, 0) is 16.0 Å². The number of carbonyl (C=O) groups is 1. The molecule has 110 valence electrons. The molecule has 1 aliphatic heterocycles. The van der Waals surface area contributed by atoms with E-state index in [-0.39, 0.29) is 5.56 Å².